The standard InChI is InChI=1S/C10H12O3/c1-2-8-4-3-7(6-11)5-9(8)10(12)13/h3-5,11H,2,6H2,1H3,(H,12,13). The molecule has 0 radical (unpaired) electrons. The molecule has 0 amide bonds. The fourth-order valence-corrected chi connectivity index (χ4v) is 1.23. The van der Waals surface area contributed by atoms with E-state index in [4.69, 9.17) is 10.2 Å². The van der Waals surface area contributed by atoms with Crippen molar-refractivity contribution in [3.8, 4) is 0 Å². The van der Waals surface area contributed by atoms with Gasteiger partial charge in [0, 0.05) is 0 Å². The molecule has 1 rings (SSSR count). The number of hydrogen-bond acceptors (Lipinski definition) is 2. The summed E-state index contributed by atoms with van der Waals surface area (Å²) < 4.78 is 0. The van der Waals surface area contributed by atoms with Gasteiger partial charge in [-0.1, -0.05) is 19.1 Å². The topological polar surface area (TPSA) is 57.5 Å². The smallest absolute Gasteiger partial charge is 0.335 e. The van der Waals surface area contributed by atoms with E-state index < -0.39 is 5.97 Å². The lowest BCUT2D eigenvalue weighted by atomic mass is 10.0. The van der Waals surface area contributed by atoms with Gasteiger partial charge in [0.1, 0.15) is 0 Å². The van der Waals surface area contributed by atoms with Crippen molar-refractivity contribution in [1.82, 2.24) is 0 Å². The van der Waals surface area contributed by atoms with Crippen LogP contribution in [0.15, 0.2) is 18.2 Å². The minimum atomic E-state index is -0.938. The summed E-state index contributed by atoms with van der Waals surface area (Å²) in [6.45, 7) is 1.78. The van der Waals surface area contributed by atoms with Gasteiger partial charge in [0.25, 0.3) is 0 Å². The number of aromatic carboxylic acids is 1. The second-order valence-corrected chi connectivity index (χ2v) is 2.81. The lowest BCUT2D eigenvalue weighted by Gasteiger charge is -2.04. The maximum atomic E-state index is 10.8. The minimum Gasteiger partial charge on any atom is -0.478 e. The van der Waals surface area contributed by atoms with Gasteiger partial charge in [0.2, 0.25) is 0 Å². The fraction of sp³-hybridized carbons (Fsp3) is 0.300. The molecule has 0 spiro atoms. The number of aliphatic hydroxyl groups excluding tert-OH is 1. The maximum absolute atomic E-state index is 10.8. The Balaban J connectivity index is 3.18. The Bertz CT molecular complexity index is 318. The zero-order chi connectivity index (χ0) is 9.84. The molecule has 0 aromatic heterocycles. The monoisotopic (exact) mass is 180 g/mol. The molecule has 0 aliphatic rings. The third-order valence-electron chi connectivity index (χ3n) is 1.97. The van der Waals surface area contributed by atoms with Crippen LogP contribution in [0.25, 0.3) is 0 Å². The molecular weight excluding hydrogens is 168 g/mol. The van der Waals surface area contributed by atoms with Gasteiger partial charge in [-0.3, -0.25) is 0 Å². The second kappa shape index (κ2) is 4.05. The van der Waals surface area contributed by atoms with Crippen molar-refractivity contribution in [2.45, 2.75) is 20.0 Å². The Hall–Kier alpha value is -1.35. The van der Waals surface area contributed by atoms with Gasteiger partial charge in [-0.25, -0.2) is 4.79 Å². The summed E-state index contributed by atoms with van der Waals surface area (Å²) >= 11 is 0. The lowest BCUT2D eigenvalue weighted by Crippen LogP contribution is -2.02. The first kappa shape index (κ1) is 9.74. The summed E-state index contributed by atoms with van der Waals surface area (Å²) in [5.74, 6) is -0.938. The Kier molecular flexibility index (Phi) is 3.03. The van der Waals surface area contributed by atoms with Crippen LogP contribution < -0.4 is 0 Å². The number of rotatable bonds is 3. The molecule has 0 atom stereocenters. The van der Waals surface area contributed by atoms with Crippen LogP contribution in [0.5, 0.6) is 0 Å². The molecule has 0 saturated carbocycles. The Morgan fingerprint density at radius 3 is 2.62 bits per heavy atom. The summed E-state index contributed by atoms with van der Waals surface area (Å²) in [5.41, 5.74) is 1.72. The van der Waals surface area contributed by atoms with Crippen LogP contribution in [-0.4, -0.2) is 16.2 Å². The average Bonchev–Trinajstić information content (AvgIpc) is 2.16. The first-order chi connectivity index (χ1) is 6.19. The number of carbonyl (C=O) groups is 1. The molecule has 3 heteroatoms. The molecule has 70 valence electrons. The van der Waals surface area contributed by atoms with Crippen LogP contribution >= 0.6 is 0 Å². The van der Waals surface area contributed by atoms with Crippen LogP contribution in [0.3, 0.4) is 0 Å². The quantitative estimate of drug-likeness (QED) is 0.740. The molecule has 2 N–H and O–H groups in total. The van der Waals surface area contributed by atoms with E-state index in [1.54, 1.807) is 12.1 Å². The summed E-state index contributed by atoms with van der Waals surface area (Å²) in [4.78, 5) is 10.8. The van der Waals surface area contributed by atoms with Crippen molar-refractivity contribution in [3.63, 3.8) is 0 Å². The summed E-state index contributed by atoms with van der Waals surface area (Å²) in [5, 5.41) is 17.6. The first-order valence-electron chi connectivity index (χ1n) is 4.15. The van der Waals surface area contributed by atoms with Gasteiger partial charge < -0.3 is 10.2 Å². The summed E-state index contributed by atoms with van der Waals surface area (Å²) in [6.07, 6.45) is 0.688. The molecule has 0 bridgehead atoms. The molecular formula is C10H12O3. The second-order valence-electron chi connectivity index (χ2n) is 2.81. The molecule has 0 aliphatic carbocycles. The molecule has 3 nitrogen and oxygen atoms in total. The van der Waals surface area contributed by atoms with Crippen LogP contribution in [0.4, 0.5) is 0 Å². The van der Waals surface area contributed by atoms with Crippen LogP contribution in [-0.2, 0) is 13.0 Å². The van der Waals surface area contributed by atoms with Gasteiger partial charge in [0.05, 0.1) is 12.2 Å². The highest BCUT2D eigenvalue weighted by atomic mass is 16.4. The molecule has 13 heavy (non-hydrogen) atoms. The van der Waals surface area contributed by atoms with Crippen molar-refractivity contribution < 1.29 is 15.0 Å². The SMILES string of the molecule is CCc1ccc(CO)cc1C(=O)O. The summed E-state index contributed by atoms with van der Waals surface area (Å²) in [7, 11) is 0. The van der Waals surface area contributed by atoms with Gasteiger partial charge in [-0.2, -0.15) is 0 Å². The normalized spacial score (nSPS) is 10.0. The van der Waals surface area contributed by atoms with Crippen molar-refractivity contribution in [2.75, 3.05) is 0 Å². The molecule has 0 saturated heterocycles. The van der Waals surface area contributed by atoms with E-state index in [0.717, 1.165) is 5.56 Å². The highest BCUT2D eigenvalue weighted by molar-refractivity contribution is 5.89. The predicted molar refractivity (Wildman–Crippen MR) is 48.7 cm³/mol. The average molecular weight is 180 g/mol. The number of aliphatic hydroxyl groups is 1. The van der Waals surface area contributed by atoms with Crippen molar-refractivity contribution >= 4 is 5.97 Å². The van der Waals surface area contributed by atoms with E-state index >= 15 is 0 Å². The molecule has 1 aromatic rings. The first-order valence-corrected chi connectivity index (χ1v) is 4.15. The lowest BCUT2D eigenvalue weighted by molar-refractivity contribution is 0.0695. The molecule has 1 aromatic carbocycles. The van der Waals surface area contributed by atoms with E-state index in [0.29, 0.717) is 12.0 Å². The third kappa shape index (κ3) is 2.06. The molecule has 0 unspecified atom stereocenters. The van der Waals surface area contributed by atoms with Crippen molar-refractivity contribution in [3.05, 3.63) is 34.9 Å². The fourth-order valence-electron chi connectivity index (χ4n) is 1.23. The van der Waals surface area contributed by atoms with Gasteiger partial charge in [-0.15, -0.1) is 0 Å². The Morgan fingerprint density at radius 1 is 1.46 bits per heavy atom. The van der Waals surface area contributed by atoms with Crippen molar-refractivity contribution in [2.24, 2.45) is 0 Å². The number of hydrogen-bond donors (Lipinski definition) is 2. The molecule has 0 fully saturated rings. The van der Waals surface area contributed by atoms with E-state index in [1.807, 2.05) is 6.92 Å². The maximum Gasteiger partial charge on any atom is 0.335 e. The van der Waals surface area contributed by atoms with Gasteiger partial charge in [-0.05, 0) is 23.6 Å². The van der Waals surface area contributed by atoms with Crippen LogP contribution in [0.2, 0.25) is 0 Å². The van der Waals surface area contributed by atoms with E-state index in [-0.39, 0.29) is 12.2 Å². The third-order valence-corrected chi connectivity index (χ3v) is 1.97. The highest BCUT2D eigenvalue weighted by Gasteiger charge is 2.08. The highest BCUT2D eigenvalue weighted by Crippen LogP contribution is 2.12. The van der Waals surface area contributed by atoms with Crippen LogP contribution in [0.1, 0.15) is 28.4 Å². The number of aryl methyl sites for hydroxylation is 1. The minimum absolute atomic E-state index is 0.121. The zero-order valence-electron chi connectivity index (χ0n) is 7.45. The molecule has 0 aliphatic heterocycles. The number of carboxylic acids is 1. The zero-order valence-corrected chi connectivity index (χ0v) is 7.45. The van der Waals surface area contributed by atoms with E-state index in [9.17, 15) is 4.79 Å². The van der Waals surface area contributed by atoms with Gasteiger partial charge >= 0.3 is 5.97 Å². The van der Waals surface area contributed by atoms with Crippen LogP contribution in [0, 0.1) is 0 Å². The largest absolute Gasteiger partial charge is 0.478 e. The number of carboxylic acid groups (broad SMARTS) is 1. The van der Waals surface area contributed by atoms with E-state index in [2.05, 4.69) is 0 Å². The Labute approximate surface area is 76.6 Å². The molecule has 0 heterocycles. The summed E-state index contributed by atoms with van der Waals surface area (Å²) in [6, 6.07) is 5.00. The van der Waals surface area contributed by atoms with Crippen molar-refractivity contribution in [1.29, 1.82) is 0 Å². The Morgan fingerprint density at radius 2 is 2.15 bits per heavy atom. The number of benzene rings is 1. The predicted octanol–water partition coefficient (Wildman–Crippen LogP) is 1.44. The van der Waals surface area contributed by atoms with Gasteiger partial charge in [0.15, 0.2) is 0 Å². The van der Waals surface area contributed by atoms with E-state index in [1.165, 1.54) is 6.07 Å².